The highest BCUT2D eigenvalue weighted by atomic mass is 79.9. The SMILES string of the molecule is COc1ccc(C(=O)[C@@H]2[C@H](C(=O)c3ccc(Br)cc3)N3c4ccccc4C=C[C@H]3[C@]23C(=O)Nc2ccccc23)cc1. The molecule has 4 atom stereocenters. The first-order chi connectivity index (χ1) is 19.9. The van der Waals surface area contributed by atoms with Crippen molar-refractivity contribution in [3.05, 3.63) is 130 Å². The second-order valence-corrected chi connectivity index (χ2v) is 11.4. The molecule has 41 heavy (non-hydrogen) atoms. The number of halogens is 1. The van der Waals surface area contributed by atoms with E-state index in [0.29, 0.717) is 22.6 Å². The Morgan fingerprint density at radius 1 is 0.854 bits per heavy atom. The zero-order valence-electron chi connectivity index (χ0n) is 22.1. The maximum absolute atomic E-state index is 14.8. The summed E-state index contributed by atoms with van der Waals surface area (Å²) < 4.78 is 6.17. The van der Waals surface area contributed by atoms with Gasteiger partial charge in [0, 0.05) is 27.0 Å². The number of benzene rings is 4. The van der Waals surface area contributed by atoms with E-state index in [9.17, 15) is 14.4 Å². The normalized spacial score (nSPS) is 23.5. The van der Waals surface area contributed by atoms with Crippen LogP contribution in [0.2, 0.25) is 0 Å². The van der Waals surface area contributed by atoms with Crippen LogP contribution in [0.25, 0.3) is 6.08 Å². The molecule has 1 N–H and O–H groups in total. The van der Waals surface area contributed by atoms with Gasteiger partial charge in [0.25, 0.3) is 0 Å². The minimum absolute atomic E-state index is 0.214. The third-order valence-electron chi connectivity index (χ3n) is 8.60. The monoisotopic (exact) mass is 604 g/mol. The number of fused-ring (bicyclic) bond motifs is 6. The van der Waals surface area contributed by atoms with Crippen LogP contribution in [0.4, 0.5) is 11.4 Å². The molecule has 1 fully saturated rings. The van der Waals surface area contributed by atoms with Crippen molar-refractivity contribution in [1.29, 1.82) is 0 Å². The van der Waals surface area contributed by atoms with Gasteiger partial charge in [0.1, 0.15) is 17.2 Å². The van der Waals surface area contributed by atoms with E-state index in [1.165, 1.54) is 0 Å². The van der Waals surface area contributed by atoms with Crippen molar-refractivity contribution in [3.63, 3.8) is 0 Å². The molecule has 0 bridgehead atoms. The average Bonchev–Trinajstić information content (AvgIpc) is 3.49. The summed E-state index contributed by atoms with van der Waals surface area (Å²) in [5, 5.41) is 3.06. The molecular weight excluding hydrogens is 580 g/mol. The van der Waals surface area contributed by atoms with Gasteiger partial charge in [-0.1, -0.05) is 76.6 Å². The lowest BCUT2D eigenvalue weighted by atomic mass is 9.64. The van der Waals surface area contributed by atoms with E-state index >= 15 is 0 Å². The van der Waals surface area contributed by atoms with E-state index in [0.717, 1.165) is 21.3 Å². The van der Waals surface area contributed by atoms with E-state index in [-0.39, 0.29) is 17.5 Å². The van der Waals surface area contributed by atoms with Crippen LogP contribution in [0, 0.1) is 5.92 Å². The summed E-state index contributed by atoms with van der Waals surface area (Å²) in [6, 6.07) is 27.8. The fourth-order valence-electron chi connectivity index (χ4n) is 6.84. The van der Waals surface area contributed by atoms with E-state index in [1.807, 2.05) is 77.7 Å². The fraction of sp³-hybridized carbons (Fsp3) is 0.147. The predicted octanol–water partition coefficient (Wildman–Crippen LogP) is 6.31. The largest absolute Gasteiger partial charge is 0.497 e. The highest BCUT2D eigenvalue weighted by Crippen LogP contribution is 2.58. The molecule has 4 aromatic rings. The minimum atomic E-state index is -1.34. The Morgan fingerprint density at radius 2 is 1.51 bits per heavy atom. The maximum atomic E-state index is 14.8. The number of para-hydroxylation sites is 2. The number of methoxy groups -OCH3 is 1. The number of ether oxygens (including phenoxy) is 1. The molecule has 3 heterocycles. The lowest BCUT2D eigenvalue weighted by molar-refractivity contribution is -0.121. The molecule has 0 unspecified atom stereocenters. The number of ketones is 2. The Hall–Kier alpha value is -4.49. The van der Waals surface area contributed by atoms with Crippen molar-refractivity contribution < 1.29 is 19.1 Å². The van der Waals surface area contributed by atoms with Crippen LogP contribution in [0.5, 0.6) is 5.75 Å². The van der Waals surface area contributed by atoms with E-state index in [4.69, 9.17) is 4.74 Å². The molecule has 0 aromatic heterocycles. The van der Waals surface area contributed by atoms with Gasteiger partial charge >= 0.3 is 0 Å². The summed E-state index contributed by atoms with van der Waals surface area (Å²) in [5.41, 5.74) is 2.68. The zero-order chi connectivity index (χ0) is 28.3. The smallest absolute Gasteiger partial charge is 0.238 e. The van der Waals surface area contributed by atoms with Gasteiger partial charge in [-0.25, -0.2) is 0 Å². The third kappa shape index (κ3) is 3.65. The molecule has 202 valence electrons. The Labute approximate surface area is 245 Å². The topological polar surface area (TPSA) is 75.7 Å². The Bertz CT molecular complexity index is 1750. The summed E-state index contributed by atoms with van der Waals surface area (Å²) in [6.45, 7) is 0. The van der Waals surface area contributed by atoms with Crippen LogP contribution < -0.4 is 15.0 Å². The molecule has 3 aliphatic heterocycles. The van der Waals surface area contributed by atoms with Gasteiger partial charge in [-0.05, 0) is 59.7 Å². The molecule has 6 nitrogen and oxygen atoms in total. The molecule has 0 saturated carbocycles. The predicted molar refractivity (Wildman–Crippen MR) is 162 cm³/mol. The van der Waals surface area contributed by atoms with Crippen LogP contribution in [0.15, 0.2) is 108 Å². The lowest BCUT2D eigenvalue weighted by Gasteiger charge is -2.37. The average molecular weight is 605 g/mol. The lowest BCUT2D eigenvalue weighted by Crippen LogP contribution is -2.51. The number of hydrogen-bond acceptors (Lipinski definition) is 5. The molecule has 0 radical (unpaired) electrons. The number of nitrogens with zero attached hydrogens (tertiary/aromatic N) is 1. The van der Waals surface area contributed by atoms with Gasteiger partial charge < -0.3 is 15.0 Å². The summed E-state index contributed by atoms with van der Waals surface area (Å²) in [5.74, 6) is -1.17. The first-order valence-corrected chi connectivity index (χ1v) is 14.2. The van der Waals surface area contributed by atoms with Gasteiger partial charge in [-0.2, -0.15) is 0 Å². The first-order valence-electron chi connectivity index (χ1n) is 13.4. The Kier molecular flexibility index (Phi) is 5.94. The number of nitrogens with one attached hydrogen (secondary N) is 1. The number of anilines is 2. The highest BCUT2D eigenvalue weighted by molar-refractivity contribution is 9.10. The summed E-state index contributed by atoms with van der Waals surface area (Å²) in [4.78, 5) is 45.8. The minimum Gasteiger partial charge on any atom is -0.497 e. The van der Waals surface area contributed by atoms with Gasteiger partial charge in [0.2, 0.25) is 5.91 Å². The number of amides is 1. The molecule has 3 aliphatic rings. The van der Waals surface area contributed by atoms with Crippen molar-refractivity contribution in [1.82, 2.24) is 0 Å². The van der Waals surface area contributed by atoms with E-state index in [2.05, 4.69) is 21.2 Å². The third-order valence-corrected chi connectivity index (χ3v) is 9.12. The van der Waals surface area contributed by atoms with Crippen molar-refractivity contribution in [2.24, 2.45) is 5.92 Å². The van der Waals surface area contributed by atoms with Crippen LogP contribution in [-0.4, -0.2) is 36.7 Å². The molecular formula is C34H25BrN2O4. The first kappa shape index (κ1) is 25.5. The Balaban J connectivity index is 1.52. The number of carbonyl (C=O) groups excluding carboxylic acids is 3. The molecule has 7 heteroatoms. The molecule has 1 saturated heterocycles. The van der Waals surface area contributed by atoms with Gasteiger partial charge in [0.05, 0.1) is 19.1 Å². The van der Waals surface area contributed by atoms with E-state index < -0.39 is 23.4 Å². The summed E-state index contributed by atoms with van der Waals surface area (Å²) in [6.07, 6.45) is 3.97. The molecule has 4 aromatic carbocycles. The molecule has 1 amide bonds. The van der Waals surface area contributed by atoms with Crippen LogP contribution in [0.3, 0.4) is 0 Å². The highest BCUT2D eigenvalue weighted by Gasteiger charge is 2.70. The van der Waals surface area contributed by atoms with Crippen LogP contribution in [-0.2, 0) is 10.2 Å². The molecule has 1 spiro atoms. The van der Waals surface area contributed by atoms with Crippen molar-refractivity contribution in [3.8, 4) is 5.75 Å². The van der Waals surface area contributed by atoms with Gasteiger partial charge in [0.15, 0.2) is 11.6 Å². The van der Waals surface area contributed by atoms with Crippen LogP contribution >= 0.6 is 15.9 Å². The van der Waals surface area contributed by atoms with Gasteiger partial charge in [-0.3, -0.25) is 14.4 Å². The maximum Gasteiger partial charge on any atom is 0.238 e. The van der Waals surface area contributed by atoms with Crippen LogP contribution in [0.1, 0.15) is 31.8 Å². The van der Waals surface area contributed by atoms with Gasteiger partial charge in [-0.15, -0.1) is 0 Å². The summed E-state index contributed by atoms with van der Waals surface area (Å²) in [7, 11) is 1.57. The number of hydrogen-bond donors (Lipinski definition) is 1. The van der Waals surface area contributed by atoms with Crippen molar-refractivity contribution in [2.45, 2.75) is 17.5 Å². The molecule has 0 aliphatic carbocycles. The number of carbonyl (C=O) groups is 3. The van der Waals surface area contributed by atoms with Crippen molar-refractivity contribution in [2.75, 3.05) is 17.3 Å². The number of Topliss-reactive ketones (excluding diaryl/α,β-unsaturated/α-hetero) is 2. The summed E-state index contributed by atoms with van der Waals surface area (Å²) >= 11 is 3.46. The zero-order valence-corrected chi connectivity index (χ0v) is 23.7. The van der Waals surface area contributed by atoms with E-state index in [1.54, 1.807) is 43.5 Å². The second-order valence-electron chi connectivity index (χ2n) is 10.5. The molecule has 7 rings (SSSR count). The quantitative estimate of drug-likeness (QED) is 0.270. The van der Waals surface area contributed by atoms with Crippen molar-refractivity contribution >= 4 is 50.9 Å². The standard InChI is InChI=1S/C34H25BrN2O4/c1-41-24-17-12-21(13-18-24)31(38)29-30(32(39)22-10-15-23(35)16-11-22)37-27-9-5-2-6-20(27)14-19-28(37)34(29)25-7-3-4-8-26(25)36-33(34)40/h2-19,28-30H,1H3,(H,36,40)/t28-,29-,30+,34-/m0/s1. The second kappa shape index (κ2) is 9.56. The Morgan fingerprint density at radius 3 is 2.27 bits per heavy atom. The number of rotatable bonds is 5. The fourth-order valence-corrected chi connectivity index (χ4v) is 7.10.